The Labute approximate surface area is 119 Å². The third-order valence-electron chi connectivity index (χ3n) is 3.37. The Bertz CT molecular complexity index is 412. The fourth-order valence-corrected chi connectivity index (χ4v) is 2.27. The fourth-order valence-electron chi connectivity index (χ4n) is 2.27. The lowest BCUT2D eigenvalue weighted by Gasteiger charge is -2.17. The van der Waals surface area contributed by atoms with Gasteiger partial charge in [0.2, 0.25) is 0 Å². The maximum Gasteiger partial charge on any atom is 0.251 e. The third-order valence-corrected chi connectivity index (χ3v) is 3.37. The number of anilines is 1. The second kappa shape index (κ2) is 7.87. The van der Waals surface area contributed by atoms with Crippen LogP contribution in [0.2, 0.25) is 0 Å². The summed E-state index contributed by atoms with van der Waals surface area (Å²) < 4.78 is 5.44. The number of ether oxygens (including phenoxy) is 1. The molecule has 0 bridgehead atoms. The third kappa shape index (κ3) is 4.51. The first-order valence-electron chi connectivity index (χ1n) is 7.13. The number of nitrogens with one attached hydrogen (secondary N) is 2. The van der Waals surface area contributed by atoms with Crippen LogP contribution in [0, 0.1) is 0 Å². The van der Waals surface area contributed by atoms with Crippen LogP contribution in [0.5, 0.6) is 0 Å². The fraction of sp³-hybridized carbons (Fsp3) is 0.533. The van der Waals surface area contributed by atoms with Crippen molar-refractivity contribution in [2.75, 3.05) is 31.7 Å². The van der Waals surface area contributed by atoms with E-state index < -0.39 is 0 Å². The maximum absolute atomic E-state index is 11.7. The van der Waals surface area contributed by atoms with Crippen LogP contribution < -0.4 is 10.6 Å². The lowest BCUT2D eigenvalue weighted by atomic mass is 10.1. The summed E-state index contributed by atoms with van der Waals surface area (Å²) in [6.07, 6.45) is 3.21. The molecule has 1 fully saturated rings. The molecule has 1 atom stereocenters. The molecule has 5 nitrogen and oxygen atoms in total. The minimum atomic E-state index is -0.159. The minimum absolute atomic E-state index is 0.0465. The van der Waals surface area contributed by atoms with Crippen molar-refractivity contribution in [3.05, 3.63) is 29.8 Å². The molecule has 5 heteroatoms. The number of benzene rings is 1. The lowest BCUT2D eigenvalue weighted by Crippen LogP contribution is -2.26. The quantitative estimate of drug-likeness (QED) is 0.761. The number of amides is 1. The van der Waals surface area contributed by atoms with Gasteiger partial charge < -0.3 is 20.5 Å². The first-order chi connectivity index (χ1) is 9.79. The number of carbonyl (C=O) groups is 1. The zero-order chi connectivity index (χ0) is 14.2. The van der Waals surface area contributed by atoms with Crippen molar-refractivity contribution >= 4 is 11.6 Å². The summed E-state index contributed by atoms with van der Waals surface area (Å²) in [5.74, 6) is -0.159. The second-order valence-corrected chi connectivity index (χ2v) is 4.94. The van der Waals surface area contributed by atoms with Gasteiger partial charge in [-0.2, -0.15) is 0 Å². The van der Waals surface area contributed by atoms with Crippen molar-refractivity contribution in [2.24, 2.45) is 0 Å². The van der Waals surface area contributed by atoms with Crippen LogP contribution in [0.3, 0.4) is 0 Å². The van der Waals surface area contributed by atoms with E-state index in [-0.39, 0.29) is 19.1 Å². The van der Waals surface area contributed by atoms with Crippen LogP contribution in [-0.4, -0.2) is 43.4 Å². The van der Waals surface area contributed by atoms with Gasteiger partial charge in [-0.15, -0.1) is 0 Å². The average Bonchev–Trinajstić information content (AvgIpc) is 2.74. The average molecular weight is 278 g/mol. The predicted molar refractivity (Wildman–Crippen MR) is 77.9 cm³/mol. The summed E-state index contributed by atoms with van der Waals surface area (Å²) in [6.45, 7) is 1.89. The van der Waals surface area contributed by atoms with E-state index in [2.05, 4.69) is 10.6 Å². The molecule has 20 heavy (non-hydrogen) atoms. The summed E-state index contributed by atoms with van der Waals surface area (Å²) in [4.78, 5) is 11.7. The Morgan fingerprint density at radius 2 is 2.05 bits per heavy atom. The van der Waals surface area contributed by atoms with Crippen molar-refractivity contribution in [1.29, 1.82) is 0 Å². The molecule has 1 amide bonds. The van der Waals surface area contributed by atoms with E-state index in [1.165, 1.54) is 0 Å². The molecule has 1 aliphatic heterocycles. The van der Waals surface area contributed by atoms with Crippen LogP contribution >= 0.6 is 0 Å². The zero-order valence-electron chi connectivity index (χ0n) is 11.6. The van der Waals surface area contributed by atoms with Gasteiger partial charge in [-0.1, -0.05) is 0 Å². The van der Waals surface area contributed by atoms with E-state index in [1.54, 1.807) is 12.1 Å². The summed E-state index contributed by atoms with van der Waals surface area (Å²) in [5.41, 5.74) is 1.63. The minimum Gasteiger partial charge on any atom is -0.395 e. The van der Waals surface area contributed by atoms with Crippen LogP contribution in [0.4, 0.5) is 5.69 Å². The molecule has 1 aliphatic rings. The molecule has 110 valence electrons. The van der Waals surface area contributed by atoms with Crippen molar-refractivity contribution in [2.45, 2.75) is 25.3 Å². The van der Waals surface area contributed by atoms with E-state index in [9.17, 15) is 4.79 Å². The lowest BCUT2D eigenvalue weighted by molar-refractivity contribution is 0.0945. The van der Waals surface area contributed by atoms with Gasteiger partial charge >= 0.3 is 0 Å². The highest BCUT2D eigenvalue weighted by molar-refractivity contribution is 5.94. The Kier molecular flexibility index (Phi) is 5.83. The summed E-state index contributed by atoms with van der Waals surface area (Å²) in [5, 5.41) is 14.8. The van der Waals surface area contributed by atoms with Gasteiger partial charge in [-0.3, -0.25) is 4.79 Å². The van der Waals surface area contributed by atoms with Gasteiger partial charge in [0.1, 0.15) is 0 Å². The first kappa shape index (κ1) is 14.8. The number of aliphatic hydroxyl groups excluding tert-OH is 1. The van der Waals surface area contributed by atoms with Gasteiger partial charge in [0.05, 0.1) is 6.61 Å². The van der Waals surface area contributed by atoms with Gasteiger partial charge in [0.15, 0.2) is 0 Å². The number of aliphatic hydroxyl groups is 1. The zero-order valence-corrected chi connectivity index (χ0v) is 11.6. The van der Waals surface area contributed by atoms with Gasteiger partial charge in [0.25, 0.3) is 5.91 Å². The Morgan fingerprint density at radius 3 is 2.80 bits per heavy atom. The molecule has 1 aromatic rings. The summed E-state index contributed by atoms with van der Waals surface area (Å²) in [7, 11) is 0. The molecule has 0 aliphatic carbocycles. The van der Waals surface area contributed by atoms with E-state index in [4.69, 9.17) is 9.84 Å². The van der Waals surface area contributed by atoms with Gasteiger partial charge in [-0.05, 0) is 43.5 Å². The second-order valence-electron chi connectivity index (χ2n) is 4.94. The molecule has 0 saturated carbocycles. The Hall–Kier alpha value is -1.59. The number of carbonyl (C=O) groups excluding carboxylic acids is 1. The van der Waals surface area contributed by atoms with Crippen molar-refractivity contribution in [3.63, 3.8) is 0 Å². The molecule has 3 N–H and O–H groups in total. The molecule has 1 heterocycles. The van der Waals surface area contributed by atoms with Gasteiger partial charge in [0, 0.05) is 37.1 Å². The molecule has 1 saturated heterocycles. The van der Waals surface area contributed by atoms with Gasteiger partial charge in [-0.25, -0.2) is 0 Å². The van der Waals surface area contributed by atoms with Crippen molar-refractivity contribution in [1.82, 2.24) is 5.32 Å². The maximum atomic E-state index is 11.7. The normalized spacial score (nSPS) is 19.1. The highest BCUT2D eigenvalue weighted by Gasteiger charge is 2.12. The molecule has 1 unspecified atom stereocenters. The summed E-state index contributed by atoms with van der Waals surface area (Å²) in [6, 6.07) is 7.86. The van der Waals surface area contributed by atoms with Crippen molar-refractivity contribution in [3.8, 4) is 0 Å². The van der Waals surface area contributed by atoms with E-state index in [0.29, 0.717) is 11.6 Å². The van der Waals surface area contributed by atoms with Crippen molar-refractivity contribution < 1.29 is 14.6 Å². The van der Waals surface area contributed by atoms with Crippen LogP contribution in [0.25, 0.3) is 0 Å². The molecular weight excluding hydrogens is 256 g/mol. The largest absolute Gasteiger partial charge is 0.395 e. The van der Waals surface area contributed by atoms with Crippen LogP contribution in [0.1, 0.15) is 29.6 Å². The number of hydrogen-bond acceptors (Lipinski definition) is 4. The number of rotatable bonds is 5. The van der Waals surface area contributed by atoms with Crippen LogP contribution in [-0.2, 0) is 4.74 Å². The van der Waals surface area contributed by atoms with E-state index in [1.807, 2.05) is 12.1 Å². The van der Waals surface area contributed by atoms with E-state index in [0.717, 1.165) is 38.2 Å². The topological polar surface area (TPSA) is 70.6 Å². The highest BCUT2D eigenvalue weighted by atomic mass is 16.5. The molecule has 1 aromatic carbocycles. The predicted octanol–water partition coefficient (Wildman–Crippen LogP) is 1.39. The number of hydrogen-bond donors (Lipinski definition) is 3. The monoisotopic (exact) mass is 278 g/mol. The Balaban J connectivity index is 1.88. The summed E-state index contributed by atoms with van der Waals surface area (Å²) >= 11 is 0. The van der Waals surface area contributed by atoms with E-state index >= 15 is 0 Å². The Morgan fingerprint density at radius 1 is 1.25 bits per heavy atom. The molecular formula is C15H22N2O3. The highest BCUT2D eigenvalue weighted by Crippen LogP contribution is 2.16. The standard InChI is InChI=1S/C15H22N2O3/c18-9-8-16-15(19)12-3-5-14(6-4-12)17-13-2-1-10-20-11-7-13/h3-6,13,17-18H,1-2,7-11H2,(H,16,19). The molecule has 2 rings (SSSR count). The smallest absolute Gasteiger partial charge is 0.251 e. The molecule has 0 aromatic heterocycles. The first-order valence-corrected chi connectivity index (χ1v) is 7.13. The molecule has 0 spiro atoms. The SMILES string of the molecule is O=C(NCCO)c1ccc(NC2CCCOCC2)cc1. The molecule has 0 radical (unpaired) electrons. The van der Waals surface area contributed by atoms with Crippen LogP contribution in [0.15, 0.2) is 24.3 Å².